The highest BCUT2D eigenvalue weighted by molar-refractivity contribution is 5.62. The zero-order valence-electron chi connectivity index (χ0n) is 15.9. The fourth-order valence-corrected chi connectivity index (χ4v) is 3.38. The Hall–Kier alpha value is -1.85. The molecule has 0 aliphatic carbocycles. The smallest absolute Gasteiger partial charge is 0.155 e. The van der Waals surface area contributed by atoms with E-state index in [9.17, 15) is 9.50 Å². The molecule has 1 aromatic heterocycles. The third kappa shape index (κ3) is 3.03. The Labute approximate surface area is 153 Å². The number of halogens is 2. The zero-order chi connectivity index (χ0) is 19.3. The molecule has 1 fully saturated rings. The third-order valence-corrected chi connectivity index (χ3v) is 5.63. The average Bonchev–Trinajstić information content (AvgIpc) is 2.81. The van der Waals surface area contributed by atoms with Gasteiger partial charge >= 0.3 is 0 Å². The fraction of sp³-hybridized carbons (Fsp3) is 0.476. The van der Waals surface area contributed by atoms with E-state index in [2.05, 4.69) is 18.8 Å². The molecule has 0 bridgehead atoms. The van der Waals surface area contributed by atoms with E-state index in [0.29, 0.717) is 17.9 Å². The number of pyridine rings is 1. The van der Waals surface area contributed by atoms with Crippen LogP contribution in [-0.4, -0.2) is 16.7 Å². The molecule has 26 heavy (non-hydrogen) atoms. The molecule has 0 spiro atoms. The predicted octanol–water partition coefficient (Wildman–Crippen LogP) is 4.92. The van der Waals surface area contributed by atoms with Crippen molar-refractivity contribution < 1.29 is 18.6 Å². The summed E-state index contributed by atoms with van der Waals surface area (Å²) < 4.78 is 34.5. The molecule has 1 saturated heterocycles. The molecule has 1 aliphatic heterocycles. The third-order valence-electron chi connectivity index (χ3n) is 5.63. The van der Waals surface area contributed by atoms with E-state index in [1.165, 1.54) is 38.1 Å². The van der Waals surface area contributed by atoms with Gasteiger partial charge in [-0.25, -0.2) is 13.8 Å². The van der Waals surface area contributed by atoms with Crippen LogP contribution in [0.2, 0.25) is 0 Å². The summed E-state index contributed by atoms with van der Waals surface area (Å²) in [6.45, 7) is 9.78. The number of aromatic nitrogens is 1. The summed E-state index contributed by atoms with van der Waals surface area (Å²) >= 11 is 0. The van der Waals surface area contributed by atoms with Crippen molar-refractivity contribution in [3.05, 3.63) is 53.2 Å². The van der Waals surface area contributed by atoms with Crippen molar-refractivity contribution in [2.45, 2.75) is 52.2 Å². The molecule has 5 heteroatoms. The van der Waals surface area contributed by atoms with E-state index >= 15 is 4.39 Å². The molecule has 2 aromatic rings. The molecule has 1 atom stereocenters. The SMILES string of the molecule is CC(C)(O)c1cc(C2(C)OCCC2(C)C)nc(-c2ccc(F)cc2)c1F. The minimum atomic E-state index is -1.39. The van der Waals surface area contributed by atoms with Crippen LogP contribution in [0.25, 0.3) is 11.3 Å². The Morgan fingerprint density at radius 1 is 1.12 bits per heavy atom. The monoisotopic (exact) mass is 361 g/mol. The molecule has 0 radical (unpaired) electrons. The second-order valence-corrected chi connectivity index (χ2v) is 8.30. The second kappa shape index (κ2) is 6.10. The van der Waals surface area contributed by atoms with Gasteiger partial charge in [0.2, 0.25) is 0 Å². The van der Waals surface area contributed by atoms with E-state index in [4.69, 9.17) is 4.74 Å². The number of nitrogens with zero attached hydrogens (tertiary/aromatic N) is 1. The van der Waals surface area contributed by atoms with Gasteiger partial charge in [0, 0.05) is 23.1 Å². The standard InChI is InChI=1S/C21H25F2NO2/c1-19(2)10-11-26-21(19,5)16-12-15(20(3,4)25)17(23)18(24-16)13-6-8-14(22)9-7-13/h6-9,12,25H,10-11H2,1-5H3. The summed E-state index contributed by atoms with van der Waals surface area (Å²) in [5.41, 5.74) is -1.05. The Morgan fingerprint density at radius 2 is 1.73 bits per heavy atom. The average molecular weight is 361 g/mol. The summed E-state index contributed by atoms with van der Waals surface area (Å²) in [5, 5.41) is 10.5. The van der Waals surface area contributed by atoms with Crippen LogP contribution in [0.5, 0.6) is 0 Å². The van der Waals surface area contributed by atoms with E-state index in [1.807, 2.05) is 6.92 Å². The van der Waals surface area contributed by atoms with Crippen molar-refractivity contribution in [2.75, 3.05) is 6.61 Å². The van der Waals surface area contributed by atoms with Crippen molar-refractivity contribution in [3.8, 4) is 11.3 Å². The lowest BCUT2D eigenvalue weighted by molar-refractivity contribution is -0.0442. The van der Waals surface area contributed by atoms with Gasteiger partial charge in [-0.15, -0.1) is 0 Å². The number of hydrogen-bond donors (Lipinski definition) is 1. The molecule has 140 valence electrons. The van der Waals surface area contributed by atoms with E-state index in [-0.39, 0.29) is 16.7 Å². The topological polar surface area (TPSA) is 42.4 Å². The first-order chi connectivity index (χ1) is 12.0. The Kier molecular flexibility index (Phi) is 4.44. The van der Waals surface area contributed by atoms with E-state index < -0.39 is 22.8 Å². The van der Waals surface area contributed by atoms with Crippen molar-refractivity contribution in [1.82, 2.24) is 4.98 Å². The van der Waals surface area contributed by atoms with Gasteiger partial charge in [-0.05, 0) is 57.5 Å². The number of hydrogen-bond acceptors (Lipinski definition) is 3. The lowest BCUT2D eigenvalue weighted by atomic mass is 9.73. The van der Waals surface area contributed by atoms with Gasteiger partial charge in [-0.3, -0.25) is 0 Å². The molecular formula is C21H25F2NO2. The van der Waals surface area contributed by atoms with Crippen LogP contribution in [0.15, 0.2) is 30.3 Å². The first-order valence-electron chi connectivity index (χ1n) is 8.79. The van der Waals surface area contributed by atoms with Gasteiger partial charge in [0.1, 0.15) is 17.1 Å². The minimum absolute atomic E-state index is 0.0900. The number of aliphatic hydroxyl groups is 1. The molecule has 1 unspecified atom stereocenters. The highest BCUT2D eigenvalue weighted by Gasteiger charge is 2.49. The molecule has 1 aliphatic rings. The van der Waals surface area contributed by atoms with Crippen LogP contribution in [0.3, 0.4) is 0 Å². The molecule has 3 nitrogen and oxygen atoms in total. The van der Waals surface area contributed by atoms with Crippen molar-refractivity contribution >= 4 is 0 Å². The van der Waals surface area contributed by atoms with Gasteiger partial charge in [0.15, 0.2) is 5.82 Å². The molecule has 1 N–H and O–H groups in total. The molecule has 0 saturated carbocycles. The molecule has 1 aromatic carbocycles. The van der Waals surface area contributed by atoms with Crippen LogP contribution < -0.4 is 0 Å². The largest absolute Gasteiger partial charge is 0.386 e. The normalized spacial score (nSPS) is 22.6. The Bertz CT molecular complexity index is 825. The van der Waals surface area contributed by atoms with Crippen molar-refractivity contribution in [1.29, 1.82) is 0 Å². The predicted molar refractivity (Wildman–Crippen MR) is 96.5 cm³/mol. The summed E-state index contributed by atoms with van der Waals surface area (Å²) in [5.74, 6) is -1.01. The summed E-state index contributed by atoms with van der Waals surface area (Å²) in [7, 11) is 0. The first-order valence-corrected chi connectivity index (χ1v) is 8.79. The summed E-state index contributed by atoms with van der Waals surface area (Å²) in [6.07, 6.45) is 0.853. The maximum absolute atomic E-state index is 15.2. The molecule has 2 heterocycles. The Balaban J connectivity index is 2.27. The Morgan fingerprint density at radius 3 is 2.23 bits per heavy atom. The molecule has 3 rings (SSSR count). The maximum atomic E-state index is 15.2. The van der Waals surface area contributed by atoms with Crippen LogP contribution in [0.1, 0.15) is 52.3 Å². The fourth-order valence-electron chi connectivity index (χ4n) is 3.38. The van der Waals surface area contributed by atoms with Crippen LogP contribution >= 0.6 is 0 Å². The number of rotatable bonds is 3. The summed E-state index contributed by atoms with van der Waals surface area (Å²) in [4.78, 5) is 4.56. The van der Waals surface area contributed by atoms with Gasteiger partial charge in [0.25, 0.3) is 0 Å². The first kappa shape index (κ1) is 18.9. The number of benzene rings is 1. The van der Waals surface area contributed by atoms with E-state index in [1.54, 1.807) is 6.07 Å². The maximum Gasteiger partial charge on any atom is 0.155 e. The van der Waals surface area contributed by atoms with Crippen LogP contribution in [-0.2, 0) is 15.9 Å². The summed E-state index contributed by atoms with van der Waals surface area (Å²) in [6, 6.07) is 7.11. The minimum Gasteiger partial charge on any atom is -0.386 e. The van der Waals surface area contributed by atoms with Gasteiger partial charge < -0.3 is 9.84 Å². The van der Waals surface area contributed by atoms with Crippen LogP contribution in [0, 0.1) is 17.0 Å². The highest BCUT2D eigenvalue weighted by Crippen LogP contribution is 2.50. The van der Waals surface area contributed by atoms with Gasteiger partial charge in [0.05, 0.1) is 11.3 Å². The number of ether oxygens (including phenoxy) is 1. The van der Waals surface area contributed by atoms with E-state index in [0.717, 1.165) is 6.42 Å². The molecular weight excluding hydrogens is 336 g/mol. The van der Waals surface area contributed by atoms with Gasteiger partial charge in [-0.2, -0.15) is 0 Å². The van der Waals surface area contributed by atoms with Crippen molar-refractivity contribution in [3.63, 3.8) is 0 Å². The van der Waals surface area contributed by atoms with Gasteiger partial charge in [-0.1, -0.05) is 13.8 Å². The zero-order valence-corrected chi connectivity index (χ0v) is 15.9. The second-order valence-electron chi connectivity index (χ2n) is 8.30. The molecule has 0 amide bonds. The highest BCUT2D eigenvalue weighted by atomic mass is 19.1. The van der Waals surface area contributed by atoms with Crippen LogP contribution in [0.4, 0.5) is 8.78 Å². The lowest BCUT2D eigenvalue weighted by Crippen LogP contribution is -2.37. The lowest BCUT2D eigenvalue weighted by Gasteiger charge is -2.37. The quantitative estimate of drug-likeness (QED) is 0.844. The van der Waals surface area contributed by atoms with Crippen molar-refractivity contribution in [2.24, 2.45) is 5.41 Å².